The van der Waals surface area contributed by atoms with E-state index in [4.69, 9.17) is 0 Å². The second-order valence-corrected chi connectivity index (χ2v) is 6.52. The maximum Gasteiger partial charge on any atom is 0.501 e. The van der Waals surface area contributed by atoms with Gasteiger partial charge in [-0.3, -0.25) is 0 Å². The van der Waals surface area contributed by atoms with Crippen LogP contribution in [0.2, 0.25) is 0 Å². The lowest BCUT2D eigenvalue weighted by molar-refractivity contribution is -0.0435. The molecule has 0 bridgehead atoms. The second kappa shape index (κ2) is 6.21. The van der Waals surface area contributed by atoms with E-state index in [1.807, 2.05) is 0 Å². The van der Waals surface area contributed by atoms with Crippen LogP contribution in [0.25, 0.3) is 11.1 Å². The van der Waals surface area contributed by atoms with E-state index in [1.54, 1.807) is 0 Å². The molecular weight excluding hydrogens is 381 g/mol. The highest BCUT2D eigenvalue weighted by molar-refractivity contribution is 7.92. The molecule has 136 valence electrons. The number of hydrogen-bond donors (Lipinski definition) is 0. The third-order valence-corrected chi connectivity index (χ3v) is 4.72. The van der Waals surface area contributed by atoms with Crippen molar-refractivity contribution >= 4 is 9.84 Å². The lowest BCUT2D eigenvalue weighted by Gasteiger charge is -2.15. The highest BCUT2D eigenvalue weighted by atomic mass is 32.2. The molecule has 0 amide bonds. The molecule has 2 rings (SSSR count). The quantitative estimate of drug-likeness (QED) is 0.585. The van der Waals surface area contributed by atoms with E-state index in [1.165, 1.54) is 0 Å². The average Bonchev–Trinajstić information content (AvgIpc) is 2.53. The second-order valence-electron chi connectivity index (χ2n) is 4.61. The summed E-state index contributed by atoms with van der Waals surface area (Å²) in [6.07, 6.45) is 0. The number of rotatable bonds is 3. The van der Waals surface area contributed by atoms with Crippen LogP contribution in [0.3, 0.4) is 0 Å². The summed E-state index contributed by atoms with van der Waals surface area (Å²) in [5.74, 6) is -9.66. The Labute approximate surface area is 136 Å². The van der Waals surface area contributed by atoms with Gasteiger partial charge in [0.1, 0.15) is 0 Å². The molecule has 0 N–H and O–H groups in total. The molecule has 0 radical (unpaired) electrons. The van der Waals surface area contributed by atoms with Crippen LogP contribution in [0.4, 0.5) is 30.7 Å². The molecule has 11 heteroatoms. The number of halogens is 7. The fourth-order valence-electron chi connectivity index (χ4n) is 2.06. The lowest BCUT2D eigenvalue weighted by Crippen LogP contribution is -2.24. The predicted molar refractivity (Wildman–Crippen MR) is 71.5 cm³/mol. The van der Waals surface area contributed by atoms with Crippen LogP contribution in [0.5, 0.6) is 5.75 Å². The summed E-state index contributed by atoms with van der Waals surface area (Å²) in [7, 11) is -5.33. The van der Waals surface area contributed by atoms with E-state index in [0.29, 0.717) is 19.2 Å². The van der Waals surface area contributed by atoms with Crippen LogP contribution >= 0.6 is 0 Å². The van der Waals surface area contributed by atoms with E-state index < -0.39 is 60.4 Å². The van der Waals surface area contributed by atoms with Crippen molar-refractivity contribution in [1.29, 1.82) is 0 Å². The summed E-state index contributed by atoms with van der Waals surface area (Å²) in [6, 6.07) is 2.81. The molecule has 0 aromatic heterocycles. The SMILES string of the molecule is COc1c(F)c(F)c(-c2ccccc2S(=O)(=O)C(F)(F)F)c(F)c1F. The van der Waals surface area contributed by atoms with Crippen LogP contribution in [-0.2, 0) is 9.84 Å². The average molecular weight is 388 g/mol. The molecule has 0 atom stereocenters. The van der Waals surface area contributed by atoms with E-state index in [-0.39, 0.29) is 0 Å². The van der Waals surface area contributed by atoms with Crippen LogP contribution in [0.15, 0.2) is 29.2 Å². The van der Waals surface area contributed by atoms with Gasteiger partial charge in [-0.2, -0.15) is 22.0 Å². The normalized spacial score (nSPS) is 12.3. The zero-order chi connectivity index (χ0) is 19.2. The third kappa shape index (κ3) is 2.92. The van der Waals surface area contributed by atoms with Gasteiger partial charge in [-0.05, 0) is 6.07 Å². The molecule has 25 heavy (non-hydrogen) atoms. The minimum absolute atomic E-state index is 0.414. The Morgan fingerprint density at radius 3 is 1.80 bits per heavy atom. The van der Waals surface area contributed by atoms with Gasteiger partial charge in [0.25, 0.3) is 9.84 Å². The maximum absolute atomic E-state index is 14.1. The minimum Gasteiger partial charge on any atom is -0.491 e. The highest BCUT2D eigenvalue weighted by Gasteiger charge is 2.48. The number of ether oxygens (including phenoxy) is 1. The number of methoxy groups -OCH3 is 1. The molecule has 0 aliphatic carbocycles. The van der Waals surface area contributed by atoms with Crippen molar-refractivity contribution in [3.8, 4) is 16.9 Å². The number of alkyl halides is 3. The van der Waals surface area contributed by atoms with E-state index >= 15 is 0 Å². The van der Waals surface area contributed by atoms with Crippen molar-refractivity contribution in [2.75, 3.05) is 7.11 Å². The summed E-state index contributed by atoms with van der Waals surface area (Å²) in [4.78, 5) is -1.55. The first-order valence-electron chi connectivity index (χ1n) is 6.25. The van der Waals surface area contributed by atoms with Crippen molar-refractivity contribution in [1.82, 2.24) is 0 Å². The molecule has 2 aromatic carbocycles. The Kier molecular flexibility index (Phi) is 4.73. The van der Waals surface area contributed by atoms with Crippen molar-refractivity contribution in [2.24, 2.45) is 0 Å². The summed E-state index contributed by atoms with van der Waals surface area (Å²) >= 11 is 0. The van der Waals surface area contributed by atoms with Crippen molar-refractivity contribution in [2.45, 2.75) is 10.4 Å². The van der Waals surface area contributed by atoms with Crippen molar-refractivity contribution in [3.63, 3.8) is 0 Å². The fourth-order valence-corrected chi connectivity index (χ4v) is 3.03. The summed E-state index contributed by atoms with van der Waals surface area (Å²) in [6.45, 7) is 0. The third-order valence-electron chi connectivity index (χ3n) is 3.18. The molecule has 0 aliphatic rings. The number of benzene rings is 2. The Bertz CT molecular complexity index is 907. The topological polar surface area (TPSA) is 43.4 Å². The zero-order valence-corrected chi connectivity index (χ0v) is 12.9. The minimum atomic E-state index is -6.04. The van der Waals surface area contributed by atoms with Crippen LogP contribution in [0.1, 0.15) is 0 Å². The van der Waals surface area contributed by atoms with Crippen LogP contribution in [-0.4, -0.2) is 21.0 Å². The lowest BCUT2D eigenvalue weighted by atomic mass is 10.0. The molecule has 0 spiro atoms. The van der Waals surface area contributed by atoms with Gasteiger partial charge in [0, 0.05) is 5.56 Å². The molecule has 3 nitrogen and oxygen atoms in total. The fraction of sp³-hybridized carbons (Fsp3) is 0.143. The van der Waals surface area contributed by atoms with E-state index in [0.717, 1.165) is 12.1 Å². The first-order valence-corrected chi connectivity index (χ1v) is 7.74. The summed E-state index contributed by atoms with van der Waals surface area (Å²) in [5, 5.41) is 0. The zero-order valence-electron chi connectivity index (χ0n) is 12.1. The molecular formula is C14H7F7O3S. The van der Waals surface area contributed by atoms with Gasteiger partial charge in [-0.15, -0.1) is 0 Å². The molecule has 0 unspecified atom stereocenters. The molecule has 0 heterocycles. The van der Waals surface area contributed by atoms with Gasteiger partial charge in [0.15, 0.2) is 17.4 Å². The monoisotopic (exact) mass is 388 g/mol. The smallest absolute Gasteiger partial charge is 0.491 e. The predicted octanol–water partition coefficient (Wildman–Crippen LogP) is 4.21. The van der Waals surface area contributed by atoms with Gasteiger partial charge < -0.3 is 4.74 Å². The van der Waals surface area contributed by atoms with Crippen LogP contribution in [0, 0.1) is 23.3 Å². The van der Waals surface area contributed by atoms with Crippen molar-refractivity contribution in [3.05, 3.63) is 47.5 Å². The Balaban J connectivity index is 2.93. The highest BCUT2D eigenvalue weighted by Crippen LogP contribution is 2.41. The van der Waals surface area contributed by atoms with Gasteiger partial charge in [0.2, 0.25) is 11.6 Å². The largest absolute Gasteiger partial charge is 0.501 e. The van der Waals surface area contributed by atoms with Gasteiger partial charge in [0.05, 0.1) is 17.6 Å². The summed E-state index contributed by atoms with van der Waals surface area (Å²) < 4.78 is 121. The number of sulfone groups is 1. The van der Waals surface area contributed by atoms with Gasteiger partial charge in [-0.25, -0.2) is 17.2 Å². The first-order chi connectivity index (χ1) is 11.4. The number of hydrogen-bond acceptors (Lipinski definition) is 3. The maximum atomic E-state index is 14.1. The Morgan fingerprint density at radius 1 is 0.880 bits per heavy atom. The van der Waals surface area contributed by atoms with E-state index in [2.05, 4.69) is 4.74 Å². The Hall–Kier alpha value is -2.30. The standard InChI is InChI=1S/C14H7F7O3S/c1-24-13-11(17)9(15)8(10(16)12(13)18)6-4-2-3-5-7(6)25(22,23)14(19,20)21/h2-5H,1H3. The van der Waals surface area contributed by atoms with E-state index in [9.17, 15) is 39.2 Å². The Morgan fingerprint density at radius 2 is 1.36 bits per heavy atom. The molecule has 0 fully saturated rings. The molecule has 2 aromatic rings. The molecule has 0 saturated heterocycles. The molecule has 0 saturated carbocycles. The summed E-state index contributed by atoms with van der Waals surface area (Å²) in [5.41, 5.74) is -8.57. The van der Waals surface area contributed by atoms with Gasteiger partial charge in [-0.1, -0.05) is 18.2 Å². The van der Waals surface area contributed by atoms with Gasteiger partial charge >= 0.3 is 5.51 Å². The molecule has 0 aliphatic heterocycles. The van der Waals surface area contributed by atoms with Crippen molar-refractivity contribution < 1.29 is 43.9 Å². The first kappa shape index (κ1) is 19.0. The van der Waals surface area contributed by atoms with Crippen LogP contribution < -0.4 is 4.74 Å².